The molecule has 5 rings (SSSR count). The second kappa shape index (κ2) is 12.7. The molecular weight excluding hydrogens is 599 g/mol. The lowest BCUT2D eigenvalue weighted by Crippen LogP contribution is -2.36. The molecule has 0 unspecified atom stereocenters. The fourth-order valence-corrected chi connectivity index (χ4v) is 7.53. The van der Waals surface area contributed by atoms with Gasteiger partial charge in [0, 0.05) is 24.4 Å². The van der Waals surface area contributed by atoms with Gasteiger partial charge in [0.15, 0.2) is 6.54 Å². The van der Waals surface area contributed by atoms with Crippen LogP contribution in [0.15, 0.2) is 68.9 Å². The monoisotopic (exact) mass is 632 g/mol. The molecule has 13 heteroatoms. The van der Waals surface area contributed by atoms with Crippen molar-refractivity contribution >= 4 is 65.6 Å². The number of nitrogens with one attached hydrogen (secondary N) is 1. The average molecular weight is 633 g/mol. The number of thioether (sulfide) groups is 1. The van der Waals surface area contributed by atoms with Crippen LogP contribution in [0.3, 0.4) is 0 Å². The number of anilines is 1. The van der Waals surface area contributed by atoms with Crippen LogP contribution in [0.1, 0.15) is 37.6 Å². The van der Waals surface area contributed by atoms with Crippen molar-refractivity contribution in [1.82, 2.24) is 5.48 Å². The van der Waals surface area contributed by atoms with Gasteiger partial charge < -0.3 is 9.32 Å². The van der Waals surface area contributed by atoms with Crippen molar-refractivity contribution in [2.75, 3.05) is 29.5 Å². The number of hydrogen-bond donors (Lipinski definition) is 2. The van der Waals surface area contributed by atoms with E-state index >= 15 is 0 Å². The number of aryl methyl sites for hydroxylation is 2. The summed E-state index contributed by atoms with van der Waals surface area (Å²) >= 11 is 1.58. The van der Waals surface area contributed by atoms with E-state index in [1.165, 1.54) is 0 Å². The molecule has 0 aliphatic carbocycles. The summed E-state index contributed by atoms with van der Waals surface area (Å²) in [6, 6.07) is 18.1. The molecule has 10 nitrogen and oxygen atoms in total. The molecule has 0 fully saturated rings. The van der Waals surface area contributed by atoms with Crippen LogP contribution in [-0.2, 0) is 31.1 Å². The summed E-state index contributed by atoms with van der Waals surface area (Å²) in [7, 11) is -7.76. The van der Waals surface area contributed by atoms with Crippen LogP contribution >= 0.6 is 11.8 Å². The lowest BCUT2D eigenvalue weighted by atomic mass is 10.1. The highest BCUT2D eigenvalue weighted by atomic mass is 32.2. The van der Waals surface area contributed by atoms with Gasteiger partial charge in [-0.15, -0.1) is 0 Å². The van der Waals surface area contributed by atoms with E-state index in [0.717, 1.165) is 37.5 Å². The molecular formula is C29H34N3O7S3+. The third kappa shape index (κ3) is 7.16. The van der Waals surface area contributed by atoms with Gasteiger partial charge in [0.1, 0.15) is 0 Å². The summed E-state index contributed by atoms with van der Waals surface area (Å²) in [6.45, 7) is 5.08. The van der Waals surface area contributed by atoms with Crippen LogP contribution in [0.5, 0.6) is 0 Å². The number of oxazole rings is 1. The van der Waals surface area contributed by atoms with Gasteiger partial charge in [-0.25, -0.2) is 0 Å². The van der Waals surface area contributed by atoms with Gasteiger partial charge in [-0.1, -0.05) is 49.0 Å². The van der Waals surface area contributed by atoms with Gasteiger partial charge >= 0.3 is 5.89 Å². The Morgan fingerprint density at radius 1 is 1.05 bits per heavy atom. The Hall–Kier alpha value is -2.94. The molecule has 1 aromatic heterocycles. The van der Waals surface area contributed by atoms with E-state index in [1.807, 2.05) is 55.5 Å². The Morgan fingerprint density at radius 2 is 1.86 bits per heavy atom. The molecule has 0 saturated carbocycles. The first-order valence-electron chi connectivity index (χ1n) is 13.8. The normalized spacial score (nSPS) is 14.8. The molecule has 0 saturated heterocycles. The first-order valence-corrected chi connectivity index (χ1v) is 17.8. The van der Waals surface area contributed by atoms with Crippen LogP contribution in [0, 0.1) is 6.92 Å². The van der Waals surface area contributed by atoms with Crippen molar-refractivity contribution in [2.24, 2.45) is 0 Å². The zero-order valence-electron chi connectivity index (χ0n) is 23.4. The number of benzene rings is 3. The first-order chi connectivity index (χ1) is 20.0. The zero-order valence-corrected chi connectivity index (χ0v) is 25.9. The van der Waals surface area contributed by atoms with Crippen molar-refractivity contribution in [3.63, 3.8) is 0 Å². The number of nitrogens with zero attached hydrogens (tertiary/aromatic N) is 2. The predicted octanol–water partition coefficient (Wildman–Crippen LogP) is 5.02. The van der Waals surface area contributed by atoms with Crippen molar-refractivity contribution in [3.05, 3.63) is 71.1 Å². The Morgan fingerprint density at radius 3 is 2.64 bits per heavy atom. The third-order valence-electron chi connectivity index (χ3n) is 6.89. The summed E-state index contributed by atoms with van der Waals surface area (Å²) < 4.78 is 69.7. The largest absolute Gasteiger partial charge is 0.398 e. The molecule has 2 heterocycles. The van der Waals surface area contributed by atoms with Crippen LogP contribution in [0.25, 0.3) is 27.9 Å². The molecule has 0 atom stereocenters. The summed E-state index contributed by atoms with van der Waals surface area (Å²) in [4.78, 5) is 3.16. The van der Waals surface area contributed by atoms with E-state index in [-0.39, 0.29) is 11.5 Å². The Bertz CT molecular complexity index is 1850. The van der Waals surface area contributed by atoms with E-state index in [2.05, 4.69) is 27.1 Å². The number of fused-ring (bicyclic) bond motifs is 4. The minimum absolute atomic E-state index is 0.139. The van der Waals surface area contributed by atoms with E-state index in [4.69, 9.17) is 8.70 Å². The molecule has 42 heavy (non-hydrogen) atoms. The van der Waals surface area contributed by atoms with E-state index < -0.39 is 20.2 Å². The molecule has 3 aromatic carbocycles. The highest BCUT2D eigenvalue weighted by Crippen LogP contribution is 2.47. The standard InChI is InChI=1S/C29H33N3O7S3/c1-3-30-39-42(36,37)18-8-16-31-24-19-21(2)11-14-26(24)40-28(31)20-27-32(15-6-7-17-41(33,34)35)29-23-10-5-4-9-22(23)12-13-25(29)38-27/h4-5,9-14,19-20,30H,3,6-8,15-18H2,1-2H3/p+1. The second-order valence-electron chi connectivity index (χ2n) is 10.1. The smallest absolute Gasteiger partial charge is 0.376 e. The number of rotatable bonds is 13. The maximum atomic E-state index is 12.3. The zero-order chi connectivity index (χ0) is 29.9. The lowest BCUT2D eigenvalue weighted by molar-refractivity contribution is -0.677. The lowest BCUT2D eigenvalue weighted by Gasteiger charge is -2.20. The van der Waals surface area contributed by atoms with Gasteiger partial charge in [-0.2, -0.15) is 31.2 Å². The van der Waals surface area contributed by atoms with Crippen LogP contribution in [-0.4, -0.2) is 46.0 Å². The van der Waals surface area contributed by atoms with Crippen LogP contribution in [0.2, 0.25) is 0 Å². The van der Waals surface area contributed by atoms with Gasteiger partial charge in [0.05, 0.1) is 33.7 Å². The van der Waals surface area contributed by atoms with Crippen molar-refractivity contribution < 1.29 is 34.7 Å². The maximum Gasteiger partial charge on any atom is 0.376 e. The van der Waals surface area contributed by atoms with E-state index in [9.17, 15) is 21.4 Å². The molecule has 2 N–H and O–H groups in total. The second-order valence-corrected chi connectivity index (χ2v) is 14.4. The van der Waals surface area contributed by atoms with Crippen LogP contribution < -0.4 is 14.9 Å². The van der Waals surface area contributed by atoms with Gasteiger partial charge in [0.25, 0.3) is 25.8 Å². The SMILES string of the molecule is CCNOS(=O)(=O)CCCN1C(=Cc2oc3ccc4ccccc4c3[n+]2CCCCS(=O)(=O)O)Sc2ccc(C)cc21. The molecule has 224 valence electrons. The highest BCUT2D eigenvalue weighted by Gasteiger charge is 2.30. The van der Waals surface area contributed by atoms with Crippen LogP contribution in [0.4, 0.5) is 5.69 Å². The Labute approximate surface area is 250 Å². The third-order valence-corrected chi connectivity index (χ3v) is 9.96. The Kier molecular flexibility index (Phi) is 9.26. The number of hydrogen-bond acceptors (Lipinski definition) is 9. The molecule has 1 aliphatic heterocycles. The predicted molar refractivity (Wildman–Crippen MR) is 165 cm³/mol. The van der Waals surface area contributed by atoms with Crippen molar-refractivity contribution in [2.45, 2.75) is 44.6 Å². The summed E-state index contributed by atoms with van der Waals surface area (Å²) in [6.07, 6.45) is 3.12. The number of unbranched alkanes of at least 4 members (excludes halogenated alkanes) is 1. The van der Waals surface area contributed by atoms with Crippen molar-refractivity contribution in [3.8, 4) is 0 Å². The quantitative estimate of drug-likeness (QED) is 0.0897. The first kappa shape index (κ1) is 30.5. The average Bonchev–Trinajstić information content (AvgIpc) is 3.46. The van der Waals surface area contributed by atoms with Gasteiger partial charge in [0.2, 0.25) is 5.58 Å². The van der Waals surface area contributed by atoms with E-state index in [0.29, 0.717) is 50.4 Å². The highest BCUT2D eigenvalue weighted by molar-refractivity contribution is 8.03. The summed E-state index contributed by atoms with van der Waals surface area (Å²) in [5, 5.41) is 2.95. The fraction of sp³-hybridized carbons (Fsp3) is 0.345. The molecule has 0 amide bonds. The molecule has 0 radical (unpaired) electrons. The number of hydroxylamine groups is 1. The molecule has 1 aliphatic rings. The topological polar surface area (TPSA) is 130 Å². The van der Waals surface area contributed by atoms with Crippen molar-refractivity contribution in [1.29, 1.82) is 0 Å². The van der Waals surface area contributed by atoms with E-state index in [1.54, 1.807) is 18.7 Å². The maximum absolute atomic E-state index is 12.3. The molecule has 0 bridgehead atoms. The van der Waals surface area contributed by atoms with Gasteiger partial charge in [-0.3, -0.25) is 4.55 Å². The van der Waals surface area contributed by atoms with Gasteiger partial charge in [-0.05, 0) is 55.0 Å². The molecule has 4 aromatic rings. The number of aromatic nitrogens is 1. The molecule has 0 spiro atoms. The Balaban J connectivity index is 1.52. The minimum Gasteiger partial charge on any atom is -0.398 e. The minimum atomic E-state index is -4.05. The fourth-order valence-electron chi connectivity index (χ4n) is 5.00. The summed E-state index contributed by atoms with van der Waals surface area (Å²) in [5.74, 6) is 0.146. The summed E-state index contributed by atoms with van der Waals surface area (Å²) in [5.41, 5.74) is 6.10.